The van der Waals surface area contributed by atoms with E-state index >= 15 is 0 Å². The maximum Gasteiger partial charge on any atom is 0.310 e. The van der Waals surface area contributed by atoms with Crippen LogP contribution in [0.1, 0.15) is 38.0 Å². The fourth-order valence-electron chi connectivity index (χ4n) is 2.50. The molecule has 0 aliphatic heterocycles. The third-order valence-corrected chi connectivity index (χ3v) is 3.58. The highest BCUT2D eigenvalue weighted by molar-refractivity contribution is 5.85. The molecule has 2 N–H and O–H groups in total. The van der Waals surface area contributed by atoms with Crippen molar-refractivity contribution in [1.82, 2.24) is 15.5 Å². The van der Waals surface area contributed by atoms with Crippen LogP contribution in [0.25, 0.3) is 0 Å². The number of carboxylic acid groups (broad SMARTS) is 1. The molecule has 1 heterocycles. The van der Waals surface area contributed by atoms with Crippen LogP contribution >= 0.6 is 0 Å². The molecule has 7 heteroatoms. The van der Waals surface area contributed by atoms with Crippen LogP contribution < -0.4 is 5.32 Å². The number of hydrogen-bond acceptors (Lipinski definition) is 5. The number of aromatic nitrogens is 2. The first-order chi connectivity index (χ1) is 9.12. The molecule has 19 heavy (non-hydrogen) atoms. The van der Waals surface area contributed by atoms with E-state index in [1.165, 1.54) is 6.33 Å². The van der Waals surface area contributed by atoms with E-state index in [2.05, 4.69) is 15.5 Å². The smallest absolute Gasteiger partial charge is 0.310 e. The summed E-state index contributed by atoms with van der Waals surface area (Å²) in [6, 6.07) is 0. The van der Waals surface area contributed by atoms with Crippen molar-refractivity contribution < 1.29 is 19.2 Å². The van der Waals surface area contributed by atoms with E-state index in [-0.39, 0.29) is 12.3 Å². The highest BCUT2D eigenvalue weighted by atomic mass is 16.5. The summed E-state index contributed by atoms with van der Waals surface area (Å²) in [7, 11) is 0. The Kier molecular flexibility index (Phi) is 4.13. The Balaban J connectivity index is 1.78. The zero-order valence-corrected chi connectivity index (χ0v) is 10.6. The predicted octanol–water partition coefficient (Wildman–Crippen LogP) is 0.763. The Bertz CT molecular complexity index is 438. The normalized spacial score (nSPS) is 17.3. The third-order valence-electron chi connectivity index (χ3n) is 3.58. The maximum absolute atomic E-state index is 11.8. The molecule has 0 saturated heterocycles. The predicted molar refractivity (Wildman–Crippen MR) is 64.2 cm³/mol. The Hall–Kier alpha value is -1.92. The summed E-state index contributed by atoms with van der Waals surface area (Å²) in [6.45, 7) is 0.372. The molecule has 1 aliphatic carbocycles. The summed E-state index contributed by atoms with van der Waals surface area (Å²) in [6.07, 6.45) is 4.72. The van der Waals surface area contributed by atoms with Crippen molar-refractivity contribution in [1.29, 1.82) is 0 Å². The van der Waals surface area contributed by atoms with Crippen molar-refractivity contribution in [3.63, 3.8) is 0 Å². The van der Waals surface area contributed by atoms with Crippen LogP contribution in [-0.4, -0.2) is 33.7 Å². The summed E-state index contributed by atoms with van der Waals surface area (Å²) in [5, 5.41) is 15.4. The number of rotatable bonds is 6. The van der Waals surface area contributed by atoms with Crippen LogP contribution in [0.5, 0.6) is 0 Å². The summed E-state index contributed by atoms with van der Waals surface area (Å²) < 4.78 is 4.80. The van der Waals surface area contributed by atoms with Gasteiger partial charge in [0.1, 0.15) is 0 Å². The van der Waals surface area contributed by atoms with E-state index in [1.54, 1.807) is 0 Å². The Labute approximate surface area is 110 Å². The standard InChI is InChI=1S/C12H17N3O4/c16-9(13-6-3-10-14-8-15-19-10)7-12(11(17)18)4-1-2-5-12/h8H,1-7H2,(H,13,16)(H,17,18). The average Bonchev–Trinajstić information content (AvgIpc) is 3.00. The molecule has 1 amide bonds. The van der Waals surface area contributed by atoms with Crippen molar-refractivity contribution in [3.8, 4) is 0 Å². The van der Waals surface area contributed by atoms with Gasteiger partial charge in [-0.2, -0.15) is 4.98 Å². The van der Waals surface area contributed by atoms with Crippen molar-refractivity contribution >= 4 is 11.9 Å². The van der Waals surface area contributed by atoms with E-state index in [4.69, 9.17) is 4.52 Å². The van der Waals surface area contributed by atoms with Gasteiger partial charge in [-0.15, -0.1) is 0 Å². The monoisotopic (exact) mass is 267 g/mol. The molecule has 0 bridgehead atoms. The molecule has 104 valence electrons. The van der Waals surface area contributed by atoms with Gasteiger partial charge in [0.25, 0.3) is 0 Å². The average molecular weight is 267 g/mol. The molecule has 1 aromatic rings. The zero-order valence-electron chi connectivity index (χ0n) is 10.6. The molecule has 0 radical (unpaired) electrons. The number of carboxylic acids is 1. The molecule has 1 fully saturated rings. The van der Waals surface area contributed by atoms with Gasteiger partial charge in [-0.3, -0.25) is 9.59 Å². The largest absolute Gasteiger partial charge is 0.481 e. The van der Waals surface area contributed by atoms with Gasteiger partial charge in [-0.25, -0.2) is 0 Å². The van der Waals surface area contributed by atoms with E-state index in [0.29, 0.717) is 31.7 Å². The second-order valence-corrected chi connectivity index (χ2v) is 4.90. The molecule has 0 unspecified atom stereocenters. The molecule has 7 nitrogen and oxygen atoms in total. The van der Waals surface area contributed by atoms with E-state index < -0.39 is 11.4 Å². The van der Waals surface area contributed by atoms with Gasteiger partial charge in [0.15, 0.2) is 6.33 Å². The minimum Gasteiger partial charge on any atom is -0.481 e. The number of nitrogens with one attached hydrogen (secondary N) is 1. The molecule has 0 spiro atoms. The van der Waals surface area contributed by atoms with E-state index in [1.807, 2.05) is 0 Å². The number of amides is 1. The molecular weight excluding hydrogens is 250 g/mol. The van der Waals surface area contributed by atoms with Crippen LogP contribution in [0.4, 0.5) is 0 Å². The van der Waals surface area contributed by atoms with Crippen LogP contribution in [0.3, 0.4) is 0 Å². The van der Waals surface area contributed by atoms with Crippen LogP contribution in [-0.2, 0) is 16.0 Å². The van der Waals surface area contributed by atoms with Crippen LogP contribution in [0, 0.1) is 5.41 Å². The molecule has 1 aliphatic rings. The van der Waals surface area contributed by atoms with Crippen LogP contribution in [0.15, 0.2) is 10.9 Å². The molecule has 0 aromatic carbocycles. The molecule has 1 aromatic heterocycles. The van der Waals surface area contributed by atoms with Crippen molar-refractivity contribution in [2.75, 3.05) is 6.54 Å². The summed E-state index contributed by atoms with van der Waals surface area (Å²) in [5.74, 6) is -0.644. The van der Waals surface area contributed by atoms with Gasteiger partial charge in [0.2, 0.25) is 11.8 Å². The topological polar surface area (TPSA) is 105 Å². The van der Waals surface area contributed by atoms with E-state index in [9.17, 15) is 14.7 Å². The molecular formula is C12H17N3O4. The lowest BCUT2D eigenvalue weighted by Gasteiger charge is -2.22. The van der Waals surface area contributed by atoms with Gasteiger partial charge in [-0.05, 0) is 12.8 Å². The minimum atomic E-state index is -0.866. The lowest BCUT2D eigenvalue weighted by atomic mass is 9.82. The fourth-order valence-corrected chi connectivity index (χ4v) is 2.50. The van der Waals surface area contributed by atoms with Gasteiger partial charge < -0.3 is 14.9 Å². The van der Waals surface area contributed by atoms with Crippen LogP contribution in [0.2, 0.25) is 0 Å². The Morgan fingerprint density at radius 1 is 1.42 bits per heavy atom. The maximum atomic E-state index is 11.8. The van der Waals surface area contributed by atoms with Gasteiger partial charge in [-0.1, -0.05) is 18.0 Å². The summed E-state index contributed by atoms with van der Waals surface area (Å²) in [4.78, 5) is 26.9. The highest BCUT2D eigenvalue weighted by Crippen LogP contribution is 2.41. The fraction of sp³-hybridized carbons (Fsp3) is 0.667. The first-order valence-corrected chi connectivity index (χ1v) is 6.38. The summed E-state index contributed by atoms with van der Waals surface area (Å²) in [5.41, 5.74) is -0.866. The first kappa shape index (κ1) is 13.5. The van der Waals surface area contributed by atoms with Crippen molar-refractivity contribution in [3.05, 3.63) is 12.2 Å². The molecule has 2 rings (SSSR count). The summed E-state index contributed by atoms with van der Waals surface area (Å²) >= 11 is 0. The first-order valence-electron chi connectivity index (χ1n) is 6.38. The molecule has 1 saturated carbocycles. The lowest BCUT2D eigenvalue weighted by molar-refractivity contribution is -0.151. The Morgan fingerprint density at radius 3 is 2.74 bits per heavy atom. The molecule has 0 atom stereocenters. The van der Waals surface area contributed by atoms with Gasteiger partial charge in [0.05, 0.1) is 5.41 Å². The second-order valence-electron chi connectivity index (χ2n) is 4.90. The number of carbonyl (C=O) groups excluding carboxylic acids is 1. The van der Waals surface area contributed by atoms with E-state index in [0.717, 1.165) is 12.8 Å². The van der Waals surface area contributed by atoms with Crippen molar-refractivity contribution in [2.45, 2.75) is 38.5 Å². The van der Waals surface area contributed by atoms with Crippen molar-refractivity contribution in [2.24, 2.45) is 5.41 Å². The number of hydrogen-bond donors (Lipinski definition) is 2. The Morgan fingerprint density at radius 2 is 2.16 bits per heavy atom. The minimum absolute atomic E-state index is 0.0478. The SMILES string of the molecule is O=C(CC1(C(=O)O)CCCC1)NCCc1ncno1. The number of aliphatic carboxylic acids is 1. The van der Waals surface area contributed by atoms with Gasteiger partial charge >= 0.3 is 5.97 Å². The zero-order chi connectivity index (χ0) is 13.7. The third kappa shape index (κ3) is 3.30. The number of carbonyl (C=O) groups is 2. The lowest BCUT2D eigenvalue weighted by Crippen LogP contribution is -2.36. The quantitative estimate of drug-likeness (QED) is 0.788. The second kappa shape index (κ2) is 5.81. The van der Waals surface area contributed by atoms with Gasteiger partial charge in [0, 0.05) is 19.4 Å². The number of nitrogens with zero attached hydrogens (tertiary/aromatic N) is 2. The highest BCUT2D eigenvalue weighted by Gasteiger charge is 2.42.